The maximum atomic E-state index is 5.59. The Hall–Kier alpha value is -1.86. The van der Waals surface area contributed by atoms with Crippen LogP contribution >= 0.6 is 0 Å². The average Bonchev–Trinajstić information content (AvgIpc) is 2.52. The number of benzene rings is 2. The molecule has 23 heavy (non-hydrogen) atoms. The molecule has 0 unspecified atom stereocenters. The summed E-state index contributed by atoms with van der Waals surface area (Å²) in [5.41, 5.74) is 12.4. The van der Waals surface area contributed by atoms with E-state index in [2.05, 4.69) is 68.5 Å². The van der Waals surface area contributed by atoms with Gasteiger partial charge in [0.15, 0.2) is 0 Å². The van der Waals surface area contributed by atoms with Gasteiger partial charge in [-0.15, -0.1) is 0 Å². The third-order valence-electron chi connectivity index (χ3n) is 4.05. The molecule has 2 aromatic rings. The first-order valence-electron chi connectivity index (χ1n) is 8.70. The molecule has 1 nitrogen and oxygen atoms in total. The van der Waals surface area contributed by atoms with E-state index in [1.807, 2.05) is 0 Å². The second-order valence-electron chi connectivity index (χ2n) is 6.43. The molecule has 122 valence electrons. The topological polar surface area (TPSA) is 26.0 Å². The van der Waals surface area contributed by atoms with E-state index < -0.39 is 0 Å². The van der Waals surface area contributed by atoms with Gasteiger partial charge in [-0.05, 0) is 69.2 Å². The fourth-order valence-corrected chi connectivity index (χ4v) is 3.00. The molecule has 0 heterocycles. The average molecular weight is 307 g/mol. The molecule has 0 radical (unpaired) electrons. The van der Waals surface area contributed by atoms with E-state index in [0.29, 0.717) is 0 Å². The van der Waals surface area contributed by atoms with Crippen molar-refractivity contribution in [2.75, 3.05) is 6.54 Å². The van der Waals surface area contributed by atoms with Gasteiger partial charge >= 0.3 is 0 Å². The minimum absolute atomic E-state index is 0.771. The highest BCUT2D eigenvalue weighted by atomic mass is 14.5. The first kappa shape index (κ1) is 17.5. The molecule has 2 aromatic carbocycles. The summed E-state index contributed by atoms with van der Waals surface area (Å²) in [6.45, 7) is 5.08. The quantitative estimate of drug-likeness (QED) is 0.664. The second kappa shape index (κ2) is 9.32. The first-order chi connectivity index (χ1) is 11.2. The van der Waals surface area contributed by atoms with Crippen molar-refractivity contribution in [3.05, 3.63) is 76.4 Å². The van der Waals surface area contributed by atoms with Crippen molar-refractivity contribution in [1.29, 1.82) is 0 Å². The SMILES string of the molecule is Cc1cc(C)cc(/C=C/CCCc2cccc(CCCN)c2)c1. The van der Waals surface area contributed by atoms with E-state index in [9.17, 15) is 0 Å². The molecule has 2 N–H and O–H groups in total. The molecule has 0 fully saturated rings. The van der Waals surface area contributed by atoms with Crippen molar-refractivity contribution in [2.45, 2.75) is 46.0 Å². The molecule has 0 bridgehead atoms. The van der Waals surface area contributed by atoms with Crippen LogP contribution in [-0.2, 0) is 12.8 Å². The lowest BCUT2D eigenvalue weighted by Crippen LogP contribution is -2.00. The van der Waals surface area contributed by atoms with Crippen LogP contribution in [0.3, 0.4) is 0 Å². The van der Waals surface area contributed by atoms with Gasteiger partial charge in [0, 0.05) is 0 Å². The lowest BCUT2D eigenvalue weighted by atomic mass is 10.0. The normalized spacial score (nSPS) is 11.3. The molecule has 0 atom stereocenters. The van der Waals surface area contributed by atoms with Gasteiger partial charge in [-0.25, -0.2) is 0 Å². The Morgan fingerprint density at radius 2 is 1.52 bits per heavy atom. The molecule has 0 saturated heterocycles. The van der Waals surface area contributed by atoms with Crippen molar-refractivity contribution in [3.8, 4) is 0 Å². The van der Waals surface area contributed by atoms with Crippen molar-refractivity contribution in [3.63, 3.8) is 0 Å². The molecular weight excluding hydrogens is 278 g/mol. The van der Waals surface area contributed by atoms with E-state index in [4.69, 9.17) is 5.73 Å². The highest BCUT2D eigenvalue weighted by molar-refractivity contribution is 5.51. The molecule has 1 heteroatoms. The zero-order valence-electron chi connectivity index (χ0n) is 14.5. The predicted octanol–water partition coefficient (Wildman–Crippen LogP) is 5.23. The fraction of sp³-hybridized carbons (Fsp3) is 0.364. The van der Waals surface area contributed by atoms with Gasteiger partial charge in [-0.3, -0.25) is 0 Å². The monoisotopic (exact) mass is 307 g/mol. The molecule has 0 aliphatic heterocycles. The molecule has 2 rings (SSSR count). The van der Waals surface area contributed by atoms with E-state index in [1.54, 1.807) is 0 Å². The Morgan fingerprint density at radius 3 is 2.17 bits per heavy atom. The summed E-state index contributed by atoms with van der Waals surface area (Å²) in [5, 5.41) is 0. The highest BCUT2D eigenvalue weighted by Gasteiger charge is 1.97. The number of rotatable bonds is 8. The smallest absolute Gasteiger partial charge is 0.00741 e. The van der Waals surface area contributed by atoms with Crippen molar-refractivity contribution < 1.29 is 0 Å². The van der Waals surface area contributed by atoms with Gasteiger partial charge in [0.25, 0.3) is 0 Å². The second-order valence-corrected chi connectivity index (χ2v) is 6.43. The largest absolute Gasteiger partial charge is 0.330 e. The Labute approximate surface area is 141 Å². The fourth-order valence-electron chi connectivity index (χ4n) is 3.00. The molecule has 0 saturated carbocycles. The van der Waals surface area contributed by atoms with E-state index in [-0.39, 0.29) is 0 Å². The molecule has 0 aliphatic carbocycles. The standard InChI is InChI=1S/C22H29N/c1-18-14-19(2)16-22(15-18)9-5-3-4-8-20-10-6-11-21(17-20)12-7-13-23/h5-6,9-11,14-17H,3-4,7-8,12-13,23H2,1-2H3/b9-5+. The minimum Gasteiger partial charge on any atom is -0.330 e. The molecule has 0 spiro atoms. The summed E-state index contributed by atoms with van der Waals surface area (Å²) in [4.78, 5) is 0. The molecule has 0 aliphatic rings. The Bertz CT molecular complexity index is 620. The summed E-state index contributed by atoms with van der Waals surface area (Å²) in [7, 11) is 0. The summed E-state index contributed by atoms with van der Waals surface area (Å²) < 4.78 is 0. The number of unbranched alkanes of at least 4 members (excludes halogenated alkanes) is 1. The molecular formula is C22H29N. The minimum atomic E-state index is 0.771. The van der Waals surface area contributed by atoms with Crippen LogP contribution in [0.4, 0.5) is 0 Å². The van der Waals surface area contributed by atoms with Crippen LogP contribution < -0.4 is 5.73 Å². The van der Waals surface area contributed by atoms with Gasteiger partial charge in [0.2, 0.25) is 0 Å². The maximum Gasteiger partial charge on any atom is -0.00741 e. The van der Waals surface area contributed by atoms with E-state index in [0.717, 1.165) is 32.2 Å². The van der Waals surface area contributed by atoms with Crippen LogP contribution in [0.15, 0.2) is 48.5 Å². The van der Waals surface area contributed by atoms with Crippen LogP contribution in [0.5, 0.6) is 0 Å². The van der Waals surface area contributed by atoms with Crippen molar-refractivity contribution >= 4 is 6.08 Å². The zero-order valence-corrected chi connectivity index (χ0v) is 14.5. The number of allylic oxidation sites excluding steroid dienone is 1. The Balaban J connectivity index is 1.79. The van der Waals surface area contributed by atoms with Crippen molar-refractivity contribution in [1.82, 2.24) is 0 Å². The first-order valence-corrected chi connectivity index (χ1v) is 8.70. The number of hydrogen-bond donors (Lipinski definition) is 1. The molecule has 0 aromatic heterocycles. The van der Waals surface area contributed by atoms with E-state index in [1.165, 1.54) is 34.2 Å². The summed E-state index contributed by atoms with van der Waals surface area (Å²) in [5.74, 6) is 0. The summed E-state index contributed by atoms with van der Waals surface area (Å²) >= 11 is 0. The summed E-state index contributed by atoms with van der Waals surface area (Å²) in [6.07, 6.45) is 10.2. The Kier molecular flexibility index (Phi) is 7.09. The Morgan fingerprint density at radius 1 is 0.870 bits per heavy atom. The number of hydrogen-bond acceptors (Lipinski definition) is 1. The number of aryl methyl sites for hydroxylation is 4. The highest BCUT2D eigenvalue weighted by Crippen LogP contribution is 2.13. The van der Waals surface area contributed by atoms with Gasteiger partial charge in [0.1, 0.15) is 0 Å². The third kappa shape index (κ3) is 6.42. The van der Waals surface area contributed by atoms with Crippen LogP contribution in [0.1, 0.15) is 47.1 Å². The molecule has 0 amide bonds. The van der Waals surface area contributed by atoms with Crippen LogP contribution in [-0.4, -0.2) is 6.54 Å². The third-order valence-corrected chi connectivity index (χ3v) is 4.05. The lowest BCUT2D eigenvalue weighted by molar-refractivity contribution is 0.820. The maximum absolute atomic E-state index is 5.59. The van der Waals surface area contributed by atoms with Gasteiger partial charge in [-0.2, -0.15) is 0 Å². The van der Waals surface area contributed by atoms with Crippen LogP contribution in [0.25, 0.3) is 6.08 Å². The van der Waals surface area contributed by atoms with Crippen LogP contribution in [0.2, 0.25) is 0 Å². The lowest BCUT2D eigenvalue weighted by Gasteiger charge is -2.04. The summed E-state index contributed by atoms with van der Waals surface area (Å²) in [6, 6.07) is 15.7. The van der Waals surface area contributed by atoms with Gasteiger partial charge < -0.3 is 5.73 Å². The van der Waals surface area contributed by atoms with Crippen molar-refractivity contribution in [2.24, 2.45) is 5.73 Å². The zero-order chi connectivity index (χ0) is 16.5. The van der Waals surface area contributed by atoms with Gasteiger partial charge in [0.05, 0.1) is 0 Å². The van der Waals surface area contributed by atoms with Gasteiger partial charge in [-0.1, -0.05) is 65.7 Å². The predicted molar refractivity (Wildman–Crippen MR) is 102 cm³/mol. The van der Waals surface area contributed by atoms with Crippen LogP contribution in [0, 0.1) is 13.8 Å². The van der Waals surface area contributed by atoms with E-state index >= 15 is 0 Å². The number of nitrogens with two attached hydrogens (primary N) is 1.